The van der Waals surface area contributed by atoms with Crippen LogP contribution in [0.3, 0.4) is 0 Å². The van der Waals surface area contributed by atoms with Gasteiger partial charge in [-0.1, -0.05) is 19.9 Å². The number of ether oxygens (including phenoxy) is 1. The van der Waals surface area contributed by atoms with Crippen LogP contribution >= 0.6 is 0 Å². The van der Waals surface area contributed by atoms with E-state index in [0.717, 1.165) is 6.07 Å². The smallest absolute Gasteiger partial charge is 0.262 e. The van der Waals surface area contributed by atoms with E-state index in [-0.39, 0.29) is 22.5 Å². The Morgan fingerprint density at radius 2 is 1.85 bits per heavy atom. The third kappa shape index (κ3) is 4.51. The van der Waals surface area contributed by atoms with Gasteiger partial charge in [-0.2, -0.15) is 0 Å². The Labute approximate surface area is 152 Å². The second kappa shape index (κ2) is 7.74. The molecule has 0 aromatic heterocycles. The molecule has 0 radical (unpaired) electrons. The van der Waals surface area contributed by atoms with Gasteiger partial charge in [0.05, 0.1) is 17.7 Å². The topological polar surface area (TPSA) is 84.5 Å². The van der Waals surface area contributed by atoms with Crippen LogP contribution < -0.4 is 14.8 Å². The van der Waals surface area contributed by atoms with Crippen LogP contribution in [0.4, 0.5) is 15.8 Å². The van der Waals surface area contributed by atoms with Crippen molar-refractivity contribution in [1.82, 2.24) is 0 Å². The summed E-state index contributed by atoms with van der Waals surface area (Å²) >= 11 is 0. The Balaban J connectivity index is 2.31. The average Bonchev–Trinajstić information content (AvgIpc) is 2.57. The quantitative estimate of drug-likeness (QED) is 0.803. The van der Waals surface area contributed by atoms with Crippen molar-refractivity contribution in [3.63, 3.8) is 0 Å². The SMILES string of the molecule is COc1ccc(S(=O)(=O)Nc2cc(NC(=O)C(C)C)ccc2C)cc1F. The first-order chi connectivity index (χ1) is 12.1. The van der Waals surface area contributed by atoms with Gasteiger partial charge in [-0.25, -0.2) is 12.8 Å². The van der Waals surface area contributed by atoms with E-state index >= 15 is 0 Å². The zero-order valence-electron chi connectivity index (χ0n) is 15.0. The van der Waals surface area contributed by atoms with Crippen LogP contribution in [0.1, 0.15) is 19.4 Å². The van der Waals surface area contributed by atoms with Crippen LogP contribution in [0.2, 0.25) is 0 Å². The fourth-order valence-electron chi connectivity index (χ4n) is 2.11. The molecule has 0 saturated carbocycles. The normalized spacial score (nSPS) is 11.3. The van der Waals surface area contributed by atoms with Crippen molar-refractivity contribution in [3.05, 3.63) is 47.8 Å². The highest BCUT2D eigenvalue weighted by Gasteiger charge is 2.18. The molecule has 8 heteroatoms. The number of sulfonamides is 1. The number of carbonyl (C=O) groups excluding carboxylic acids is 1. The van der Waals surface area contributed by atoms with E-state index in [1.807, 2.05) is 0 Å². The summed E-state index contributed by atoms with van der Waals surface area (Å²) in [5.74, 6) is -1.21. The van der Waals surface area contributed by atoms with Gasteiger partial charge in [0.1, 0.15) is 0 Å². The molecule has 0 atom stereocenters. The van der Waals surface area contributed by atoms with E-state index in [2.05, 4.69) is 10.0 Å². The van der Waals surface area contributed by atoms with Gasteiger partial charge in [0, 0.05) is 11.6 Å². The molecule has 0 aliphatic heterocycles. The Morgan fingerprint density at radius 3 is 2.42 bits per heavy atom. The zero-order chi connectivity index (χ0) is 19.5. The molecule has 26 heavy (non-hydrogen) atoms. The fourth-order valence-corrected chi connectivity index (χ4v) is 3.25. The van der Waals surface area contributed by atoms with E-state index in [1.54, 1.807) is 32.9 Å². The molecular formula is C18H21FN2O4S. The number of amides is 1. The van der Waals surface area contributed by atoms with Gasteiger partial charge < -0.3 is 10.1 Å². The fraction of sp³-hybridized carbons (Fsp3) is 0.278. The van der Waals surface area contributed by atoms with Gasteiger partial charge >= 0.3 is 0 Å². The first kappa shape index (κ1) is 19.7. The van der Waals surface area contributed by atoms with Gasteiger partial charge in [0.25, 0.3) is 10.0 Å². The molecule has 0 aliphatic carbocycles. The second-order valence-corrected chi connectivity index (χ2v) is 7.76. The van der Waals surface area contributed by atoms with Crippen molar-refractivity contribution in [1.29, 1.82) is 0 Å². The van der Waals surface area contributed by atoms with Gasteiger partial charge in [0.2, 0.25) is 5.91 Å². The summed E-state index contributed by atoms with van der Waals surface area (Å²) in [4.78, 5) is 11.6. The number of carbonyl (C=O) groups is 1. The number of rotatable bonds is 6. The lowest BCUT2D eigenvalue weighted by Crippen LogP contribution is -2.18. The number of anilines is 2. The van der Waals surface area contributed by atoms with Crippen molar-refractivity contribution < 1.29 is 22.3 Å². The highest BCUT2D eigenvalue weighted by molar-refractivity contribution is 7.92. The minimum Gasteiger partial charge on any atom is -0.494 e. The standard InChI is InChI=1S/C18H21FN2O4S/c1-11(2)18(22)20-13-6-5-12(3)16(9-13)21-26(23,24)14-7-8-17(25-4)15(19)10-14/h5-11,21H,1-4H3,(H,20,22). The third-order valence-electron chi connectivity index (χ3n) is 3.71. The number of benzene rings is 2. The molecule has 0 fully saturated rings. The number of methoxy groups -OCH3 is 1. The zero-order valence-corrected chi connectivity index (χ0v) is 15.8. The molecule has 0 bridgehead atoms. The molecule has 6 nitrogen and oxygen atoms in total. The average molecular weight is 380 g/mol. The molecule has 2 aromatic carbocycles. The van der Waals surface area contributed by atoms with E-state index < -0.39 is 15.8 Å². The molecule has 1 amide bonds. The number of aryl methyl sites for hydroxylation is 1. The molecule has 0 saturated heterocycles. The summed E-state index contributed by atoms with van der Waals surface area (Å²) in [6, 6.07) is 8.27. The molecule has 0 unspecified atom stereocenters. The van der Waals surface area contributed by atoms with Crippen molar-refractivity contribution in [2.45, 2.75) is 25.7 Å². The van der Waals surface area contributed by atoms with Gasteiger partial charge in [-0.05, 0) is 42.8 Å². The Morgan fingerprint density at radius 1 is 1.15 bits per heavy atom. The molecule has 0 spiro atoms. The molecule has 2 aromatic rings. The summed E-state index contributed by atoms with van der Waals surface area (Å²) in [5, 5.41) is 2.71. The summed E-state index contributed by atoms with van der Waals surface area (Å²) in [7, 11) is -2.71. The molecule has 0 heterocycles. The minimum absolute atomic E-state index is 0.0430. The van der Waals surface area contributed by atoms with Crippen LogP contribution in [-0.4, -0.2) is 21.4 Å². The van der Waals surface area contributed by atoms with Crippen LogP contribution in [-0.2, 0) is 14.8 Å². The van der Waals surface area contributed by atoms with Crippen molar-refractivity contribution in [2.24, 2.45) is 5.92 Å². The lowest BCUT2D eigenvalue weighted by Gasteiger charge is -2.14. The third-order valence-corrected chi connectivity index (χ3v) is 5.07. The number of hydrogen-bond acceptors (Lipinski definition) is 4. The first-order valence-corrected chi connectivity index (χ1v) is 9.40. The van der Waals surface area contributed by atoms with E-state index in [9.17, 15) is 17.6 Å². The van der Waals surface area contributed by atoms with Gasteiger partial charge in [0.15, 0.2) is 11.6 Å². The minimum atomic E-state index is -4.00. The lowest BCUT2D eigenvalue weighted by molar-refractivity contribution is -0.118. The summed E-state index contributed by atoms with van der Waals surface area (Å²) in [6.07, 6.45) is 0. The Kier molecular flexibility index (Phi) is 5.86. The van der Waals surface area contributed by atoms with Crippen molar-refractivity contribution in [3.8, 4) is 5.75 Å². The van der Waals surface area contributed by atoms with Crippen molar-refractivity contribution in [2.75, 3.05) is 17.1 Å². The summed E-state index contributed by atoms with van der Waals surface area (Å²) in [5.41, 5.74) is 1.42. The number of halogens is 1. The van der Waals surface area contributed by atoms with Crippen LogP contribution in [0, 0.1) is 18.7 Å². The monoisotopic (exact) mass is 380 g/mol. The van der Waals surface area contributed by atoms with Crippen LogP contribution in [0.15, 0.2) is 41.3 Å². The molecule has 2 N–H and O–H groups in total. The van der Waals surface area contributed by atoms with Crippen LogP contribution in [0.5, 0.6) is 5.75 Å². The van der Waals surface area contributed by atoms with Crippen molar-refractivity contribution >= 4 is 27.3 Å². The molecule has 2 rings (SSSR count). The molecule has 0 aliphatic rings. The highest BCUT2D eigenvalue weighted by Crippen LogP contribution is 2.26. The van der Waals surface area contributed by atoms with Gasteiger partial charge in [-0.15, -0.1) is 0 Å². The largest absolute Gasteiger partial charge is 0.494 e. The van der Waals surface area contributed by atoms with E-state index in [1.165, 1.54) is 25.3 Å². The summed E-state index contributed by atoms with van der Waals surface area (Å²) in [6.45, 7) is 5.23. The van der Waals surface area contributed by atoms with E-state index in [0.29, 0.717) is 16.9 Å². The lowest BCUT2D eigenvalue weighted by atomic mass is 10.1. The predicted octanol–water partition coefficient (Wildman–Crippen LogP) is 3.54. The Hall–Kier alpha value is -2.61. The highest BCUT2D eigenvalue weighted by atomic mass is 32.2. The van der Waals surface area contributed by atoms with Gasteiger partial charge in [-0.3, -0.25) is 9.52 Å². The maximum atomic E-state index is 13.8. The molecule has 140 valence electrons. The molecular weight excluding hydrogens is 359 g/mol. The second-order valence-electron chi connectivity index (χ2n) is 6.08. The maximum Gasteiger partial charge on any atom is 0.262 e. The predicted molar refractivity (Wildman–Crippen MR) is 98.4 cm³/mol. The first-order valence-electron chi connectivity index (χ1n) is 7.92. The number of nitrogens with one attached hydrogen (secondary N) is 2. The number of hydrogen-bond donors (Lipinski definition) is 2. The maximum absolute atomic E-state index is 13.8. The van der Waals surface area contributed by atoms with Crippen LogP contribution in [0.25, 0.3) is 0 Å². The Bertz CT molecular complexity index is 927. The summed E-state index contributed by atoms with van der Waals surface area (Å²) < 4.78 is 46.1. The van der Waals surface area contributed by atoms with E-state index in [4.69, 9.17) is 4.74 Å².